The second-order valence-electron chi connectivity index (χ2n) is 17.0. The molecule has 0 N–H and O–H groups in total. The van der Waals surface area contributed by atoms with Crippen molar-refractivity contribution in [1.29, 1.82) is 0 Å². The van der Waals surface area contributed by atoms with Crippen molar-refractivity contribution in [3.63, 3.8) is 0 Å². The van der Waals surface area contributed by atoms with E-state index in [4.69, 9.17) is 0 Å². The van der Waals surface area contributed by atoms with Crippen LogP contribution in [-0.4, -0.2) is 94.6 Å². The molecule has 13 nitrogen and oxygen atoms in total. The Labute approximate surface area is 391 Å². The fourth-order valence-corrected chi connectivity index (χ4v) is 8.46. The second-order valence-corrected chi connectivity index (χ2v) is 17.0. The van der Waals surface area contributed by atoms with E-state index in [0.717, 1.165) is 33.2 Å². The molecule has 0 fully saturated rings. The van der Waals surface area contributed by atoms with Gasteiger partial charge in [-0.2, -0.15) is 0 Å². The maximum absolute atomic E-state index is 13.9. The van der Waals surface area contributed by atoms with Gasteiger partial charge in [0, 0.05) is 121 Å². The van der Waals surface area contributed by atoms with Crippen molar-refractivity contribution in [3.05, 3.63) is 152 Å². The van der Waals surface area contributed by atoms with Gasteiger partial charge in [0.1, 0.15) is 0 Å². The number of carbonyl (C=O) groups is 4. The van der Waals surface area contributed by atoms with Crippen LogP contribution < -0.4 is 44.1 Å². The van der Waals surface area contributed by atoms with Crippen molar-refractivity contribution < 1.29 is 19.2 Å². The number of hydrogen-bond donors (Lipinski definition) is 0. The lowest BCUT2D eigenvalue weighted by Crippen LogP contribution is -2.40. The standard InChI is InChI=1S/C54H55N9O4/c1-55(2)39-18-20-40(21-19-39)56(3)51(64)57(4)41-22-24-42(25-23-41)58(5)52(65)59(6)43-26-28-44(29-27-43)60(7)53(66)61(8)45-30-32-46(33-31-45)62(9)54(67)63(10)48-35-17-38-15-14-36-12-11-13-37-16-34-47(48)50(38)49(36)37/h11-35H,1-10H3. The van der Waals surface area contributed by atoms with Crippen LogP contribution in [-0.2, 0) is 0 Å². The largest absolute Gasteiger partial charge is 0.378 e. The van der Waals surface area contributed by atoms with E-state index in [9.17, 15) is 19.2 Å². The molecule has 0 aliphatic carbocycles. The van der Waals surface area contributed by atoms with Gasteiger partial charge in [-0.25, -0.2) is 19.2 Å². The van der Waals surface area contributed by atoms with Crippen molar-refractivity contribution in [1.82, 2.24) is 0 Å². The molecule has 0 unspecified atom stereocenters. The highest BCUT2D eigenvalue weighted by molar-refractivity contribution is 6.26. The minimum Gasteiger partial charge on any atom is -0.378 e. The molecule has 0 saturated carbocycles. The van der Waals surface area contributed by atoms with E-state index < -0.39 is 0 Å². The molecule has 0 atom stereocenters. The summed E-state index contributed by atoms with van der Waals surface area (Å²) in [5, 5.41) is 6.81. The Morgan fingerprint density at radius 3 is 0.836 bits per heavy atom. The Balaban J connectivity index is 0.869. The summed E-state index contributed by atoms with van der Waals surface area (Å²) in [6.45, 7) is 0. The topological polar surface area (TPSA) is 97.4 Å². The van der Waals surface area contributed by atoms with Crippen molar-refractivity contribution in [2.24, 2.45) is 0 Å². The lowest BCUT2D eigenvalue weighted by Gasteiger charge is -2.28. The smallest absolute Gasteiger partial charge is 0.328 e. The summed E-state index contributed by atoms with van der Waals surface area (Å²) in [5.41, 5.74) is 6.56. The number of rotatable bonds is 9. The number of benzene rings is 8. The number of hydrogen-bond acceptors (Lipinski definition) is 5. The van der Waals surface area contributed by atoms with Gasteiger partial charge in [0.2, 0.25) is 0 Å². The van der Waals surface area contributed by atoms with Crippen LogP contribution in [0.3, 0.4) is 0 Å². The molecule has 0 bridgehead atoms. The van der Waals surface area contributed by atoms with Crippen molar-refractivity contribution in [2.75, 3.05) is 115 Å². The fourth-order valence-electron chi connectivity index (χ4n) is 8.46. The highest BCUT2D eigenvalue weighted by Crippen LogP contribution is 2.39. The van der Waals surface area contributed by atoms with Crippen LogP contribution >= 0.6 is 0 Å². The van der Waals surface area contributed by atoms with Crippen molar-refractivity contribution in [3.8, 4) is 0 Å². The number of urea groups is 4. The molecule has 0 saturated heterocycles. The highest BCUT2D eigenvalue weighted by Gasteiger charge is 2.24. The summed E-state index contributed by atoms with van der Waals surface area (Å²) < 4.78 is 0. The molecule has 0 aromatic heterocycles. The Hall–Kier alpha value is -8.32. The molecule has 8 aromatic rings. The minimum atomic E-state index is -0.274. The average Bonchev–Trinajstić information content (AvgIpc) is 3.37. The van der Waals surface area contributed by atoms with Crippen LogP contribution in [0.4, 0.5) is 70.4 Å². The van der Waals surface area contributed by atoms with Crippen LogP contribution in [0, 0.1) is 0 Å². The second kappa shape index (κ2) is 18.3. The Morgan fingerprint density at radius 1 is 0.269 bits per heavy atom. The maximum Gasteiger partial charge on any atom is 0.328 e. The Morgan fingerprint density at radius 2 is 0.522 bits per heavy atom. The quantitative estimate of drug-likeness (QED) is 0.134. The molecule has 8 aromatic carbocycles. The molecular formula is C54H55N9O4. The number of nitrogens with zero attached hydrogens (tertiary/aromatic N) is 9. The molecule has 340 valence electrons. The van der Waals surface area contributed by atoms with E-state index in [0.29, 0.717) is 34.1 Å². The molecule has 0 aliphatic rings. The zero-order valence-corrected chi connectivity index (χ0v) is 39.6. The molecule has 0 aliphatic heterocycles. The first-order chi connectivity index (χ1) is 32.0. The first kappa shape index (κ1) is 45.3. The van der Waals surface area contributed by atoms with Gasteiger partial charge in [0.25, 0.3) is 0 Å². The van der Waals surface area contributed by atoms with Gasteiger partial charge >= 0.3 is 24.1 Å². The number of carbonyl (C=O) groups excluding carboxylic acids is 4. The molecule has 13 heteroatoms. The summed E-state index contributed by atoms with van der Waals surface area (Å²) in [6, 6.07) is 47.3. The van der Waals surface area contributed by atoms with Gasteiger partial charge < -0.3 is 4.90 Å². The number of anilines is 9. The molecule has 67 heavy (non-hydrogen) atoms. The Kier molecular flexibility index (Phi) is 12.3. The van der Waals surface area contributed by atoms with Gasteiger partial charge in [0.05, 0.1) is 5.69 Å². The highest BCUT2D eigenvalue weighted by atomic mass is 16.2. The van der Waals surface area contributed by atoms with E-state index in [-0.39, 0.29) is 24.1 Å². The van der Waals surface area contributed by atoms with Crippen molar-refractivity contribution >= 4 is 108 Å². The minimum absolute atomic E-state index is 0.201. The van der Waals surface area contributed by atoms with Crippen LogP contribution in [0.15, 0.2) is 152 Å². The zero-order valence-electron chi connectivity index (χ0n) is 39.6. The van der Waals surface area contributed by atoms with Crippen LogP contribution in [0.5, 0.6) is 0 Å². The van der Waals surface area contributed by atoms with Crippen LogP contribution in [0.25, 0.3) is 32.3 Å². The van der Waals surface area contributed by atoms with E-state index >= 15 is 0 Å². The molecule has 8 amide bonds. The normalized spacial score (nSPS) is 11.1. The van der Waals surface area contributed by atoms with Crippen LogP contribution in [0.2, 0.25) is 0 Å². The summed E-state index contributed by atoms with van der Waals surface area (Å²) in [4.78, 5) is 69.3. The van der Waals surface area contributed by atoms with E-state index in [2.05, 4.69) is 48.5 Å². The molecular weight excluding hydrogens is 839 g/mol. The lowest BCUT2D eigenvalue weighted by molar-refractivity contribution is 0.253. The molecule has 0 radical (unpaired) electrons. The SMILES string of the molecule is CN(C)c1ccc(N(C)C(=O)N(C)c2ccc(N(C)C(=O)N(C)c3ccc(N(C)C(=O)N(C)c4ccc(N(C)C(=O)N(C)c5ccc6ccc7cccc8ccc5c6c78)cc4)cc3)cc2)cc1. The molecule has 8 rings (SSSR count). The summed E-state index contributed by atoms with van der Waals surface area (Å²) in [7, 11) is 17.7. The van der Waals surface area contributed by atoms with E-state index in [1.54, 1.807) is 117 Å². The van der Waals surface area contributed by atoms with Gasteiger partial charge in [-0.1, -0.05) is 48.5 Å². The average molecular weight is 894 g/mol. The molecule has 0 spiro atoms. The first-order valence-electron chi connectivity index (χ1n) is 21.9. The number of amides is 8. The van der Waals surface area contributed by atoms with Crippen molar-refractivity contribution in [2.45, 2.75) is 0 Å². The third kappa shape index (κ3) is 8.54. The van der Waals surface area contributed by atoms with Gasteiger partial charge in [-0.05, 0) is 130 Å². The zero-order chi connectivity index (χ0) is 47.8. The molecule has 0 heterocycles. The third-order valence-electron chi connectivity index (χ3n) is 12.8. The Bertz CT molecular complexity index is 3090. The van der Waals surface area contributed by atoms with E-state index in [1.165, 1.54) is 30.9 Å². The first-order valence-corrected chi connectivity index (χ1v) is 21.9. The summed E-state index contributed by atoms with van der Waals surface area (Å²) in [6.07, 6.45) is 0. The summed E-state index contributed by atoms with van der Waals surface area (Å²) >= 11 is 0. The van der Waals surface area contributed by atoms with Gasteiger partial charge in [-0.3, -0.25) is 39.2 Å². The lowest BCUT2D eigenvalue weighted by atomic mass is 9.93. The predicted molar refractivity (Wildman–Crippen MR) is 279 cm³/mol. The monoisotopic (exact) mass is 893 g/mol. The third-order valence-corrected chi connectivity index (χ3v) is 12.8. The van der Waals surface area contributed by atoms with Gasteiger partial charge in [0.15, 0.2) is 0 Å². The maximum atomic E-state index is 13.9. The van der Waals surface area contributed by atoms with E-state index in [1.807, 2.05) is 85.7 Å². The van der Waals surface area contributed by atoms with Gasteiger partial charge in [-0.15, -0.1) is 0 Å². The predicted octanol–water partition coefficient (Wildman–Crippen LogP) is 11.4. The summed E-state index contributed by atoms with van der Waals surface area (Å²) in [5.74, 6) is 0. The van der Waals surface area contributed by atoms with Crippen LogP contribution in [0.1, 0.15) is 0 Å². The fraction of sp³-hybridized carbons (Fsp3) is 0.185.